The molecule has 0 radical (unpaired) electrons. The number of hydrogen-bond donors (Lipinski definition) is 0. The van der Waals surface area contributed by atoms with Crippen LogP contribution in [-0.4, -0.2) is 12.7 Å². The predicted molar refractivity (Wildman–Crippen MR) is 69.8 cm³/mol. The number of rotatable bonds is 6. The summed E-state index contributed by atoms with van der Waals surface area (Å²) in [5.41, 5.74) is 0. The molecule has 1 fully saturated rings. The SMILES string of the molecule is CCCCCC/C=C(\I)[C@@H]1CCCO1. The fourth-order valence-electron chi connectivity index (χ4n) is 1.74. The van der Waals surface area contributed by atoms with E-state index in [1.165, 1.54) is 48.5 Å². The van der Waals surface area contributed by atoms with Crippen LogP contribution in [0.4, 0.5) is 0 Å². The molecule has 1 rings (SSSR count). The van der Waals surface area contributed by atoms with Gasteiger partial charge >= 0.3 is 0 Å². The third kappa shape index (κ3) is 4.78. The average Bonchev–Trinajstić information content (AvgIpc) is 2.70. The fourth-order valence-corrected chi connectivity index (χ4v) is 2.54. The zero-order valence-corrected chi connectivity index (χ0v) is 11.3. The van der Waals surface area contributed by atoms with Gasteiger partial charge in [-0.2, -0.15) is 0 Å². The summed E-state index contributed by atoms with van der Waals surface area (Å²) in [6.45, 7) is 3.22. The molecule has 0 aromatic heterocycles. The Morgan fingerprint density at radius 2 is 2.29 bits per heavy atom. The summed E-state index contributed by atoms with van der Waals surface area (Å²) < 4.78 is 7.04. The Hall–Kier alpha value is 0.430. The molecule has 0 aromatic carbocycles. The van der Waals surface area contributed by atoms with E-state index in [4.69, 9.17) is 4.74 Å². The van der Waals surface area contributed by atoms with E-state index in [-0.39, 0.29) is 0 Å². The molecule has 0 bridgehead atoms. The Balaban J connectivity index is 2.09. The molecule has 0 spiro atoms. The van der Waals surface area contributed by atoms with Crippen LogP contribution >= 0.6 is 22.6 Å². The van der Waals surface area contributed by atoms with Crippen molar-refractivity contribution in [2.24, 2.45) is 0 Å². The molecule has 14 heavy (non-hydrogen) atoms. The van der Waals surface area contributed by atoms with Crippen molar-refractivity contribution in [2.75, 3.05) is 6.61 Å². The van der Waals surface area contributed by atoms with Crippen LogP contribution in [0.1, 0.15) is 51.9 Å². The van der Waals surface area contributed by atoms with Crippen molar-refractivity contribution in [1.82, 2.24) is 0 Å². The first-order chi connectivity index (χ1) is 6.84. The van der Waals surface area contributed by atoms with Crippen molar-refractivity contribution < 1.29 is 4.74 Å². The van der Waals surface area contributed by atoms with E-state index >= 15 is 0 Å². The first kappa shape index (κ1) is 12.5. The monoisotopic (exact) mass is 308 g/mol. The van der Waals surface area contributed by atoms with E-state index in [2.05, 4.69) is 35.6 Å². The first-order valence-electron chi connectivity index (χ1n) is 5.81. The second kappa shape index (κ2) is 7.69. The number of allylic oxidation sites excluding steroid dienone is 1. The maximum absolute atomic E-state index is 5.62. The Morgan fingerprint density at radius 1 is 1.43 bits per heavy atom. The van der Waals surface area contributed by atoms with Gasteiger partial charge in [0.15, 0.2) is 0 Å². The molecule has 1 atom stereocenters. The average molecular weight is 308 g/mol. The molecule has 0 amide bonds. The van der Waals surface area contributed by atoms with Gasteiger partial charge in [0.05, 0.1) is 6.10 Å². The number of halogens is 1. The van der Waals surface area contributed by atoms with E-state index in [1.54, 1.807) is 0 Å². The Labute approximate surface area is 101 Å². The minimum atomic E-state index is 0.432. The Morgan fingerprint density at radius 3 is 2.93 bits per heavy atom. The van der Waals surface area contributed by atoms with Crippen molar-refractivity contribution in [1.29, 1.82) is 0 Å². The summed E-state index contributed by atoms with van der Waals surface area (Å²) >= 11 is 2.44. The normalized spacial score (nSPS) is 23.0. The second-order valence-corrected chi connectivity index (χ2v) is 5.19. The van der Waals surface area contributed by atoms with Crippen LogP contribution in [0.5, 0.6) is 0 Å². The van der Waals surface area contributed by atoms with Crippen LogP contribution in [0.25, 0.3) is 0 Å². The van der Waals surface area contributed by atoms with E-state index in [0.717, 1.165) is 6.61 Å². The molecular weight excluding hydrogens is 287 g/mol. The van der Waals surface area contributed by atoms with Gasteiger partial charge in [-0.3, -0.25) is 0 Å². The van der Waals surface area contributed by atoms with Crippen molar-refractivity contribution in [3.8, 4) is 0 Å². The lowest BCUT2D eigenvalue weighted by Gasteiger charge is -2.07. The van der Waals surface area contributed by atoms with Gasteiger partial charge < -0.3 is 4.74 Å². The molecule has 1 aliphatic heterocycles. The second-order valence-electron chi connectivity index (χ2n) is 3.94. The molecule has 0 aromatic rings. The summed E-state index contributed by atoms with van der Waals surface area (Å²) in [7, 11) is 0. The zero-order chi connectivity index (χ0) is 10.2. The minimum absolute atomic E-state index is 0.432. The molecular formula is C12H21IO. The highest BCUT2D eigenvalue weighted by Crippen LogP contribution is 2.25. The van der Waals surface area contributed by atoms with Crippen molar-refractivity contribution >= 4 is 22.6 Å². The Kier molecular flexibility index (Phi) is 6.86. The third-order valence-electron chi connectivity index (χ3n) is 2.63. The third-order valence-corrected chi connectivity index (χ3v) is 3.77. The standard InChI is InChI=1S/C12H21IO/c1-2-3-4-5-6-8-11(13)12-9-7-10-14-12/h8,12H,2-7,9-10H2,1H3/b11-8-/t12-/m0/s1. The lowest BCUT2D eigenvalue weighted by molar-refractivity contribution is 0.144. The maximum Gasteiger partial charge on any atom is 0.0879 e. The molecule has 0 N–H and O–H groups in total. The van der Waals surface area contributed by atoms with Crippen LogP contribution in [0.3, 0.4) is 0 Å². The summed E-state index contributed by atoms with van der Waals surface area (Å²) in [5, 5.41) is 0. The molecule has 2 heteroatoms. The summed E-state index contributed by atoms with van der Waals surface area (Å²) in [6, 6.07) is 0. The van der Waals surface area contributed by atoms with Crippen LogP contribution in [-0.2, 0) is 4.74 Å². The highest BCUT2D eigenvalue weighted by Gasteiger charge is 2.17. The molecule has 0 aliphatic carbocycles. The van der Waals surface area contributed by atoms with Gasteiger partial charge in [0.25, 0.3) is 0 Å². The van der Waals surface area contributed by atoms with Gasteiger partial charge in [-0.05, 0) is 48.3 Å². The van der Waals surface area contributed by atoms with E-state index in [0.29, 0.717) is 6.10 Å². The number of ether oxygens (including phenoxy) is 1. The van der Waals surface area contributed by atoms with Crippen LogP contribution in [0.15, 0.2) is 9.66 Å². The summed E-state index contributed by atoms with van der Waals surface area (Å²) in [6.07, 6.45) is 11.9. The van der Waals surface area contributed by atoms with Gasteiger partial charge in [-0.1, -0.05) is 32.3 Å². The minimum Gasteiger partial charge on any atom is -0.373 e. The fraction of sp³-hybridized carbons (Fsp3) is 0.833. The van der Waals surface area contributed by atoms with Gasteiger partial charge in [-0.25, -0.2) is 0 Å². The first-order valence-corrected chi connectivity index (χ1v) is 6.89. The lowest BCUT2D eigenvalue weighted by atomic mass is 10.1. The molecule has 1 nitrogen and oxygen atoms in total. The zero-order valence-electron chi connectivity index (χ0n) is 9.10. The lowest BCUT2D eigenvalue weighted by Crippen LogP contribution is -2.03. The van der Waals surface area contributed by atoms with Gasteiger partial charge in [0.2, 0.25) is 0 Å². The number of unbranched alkanes of at least 4 members (excludes halogenated alkanes) is 4. The van der Waals surface area contributed by atoms with E-state index < -0.39 is 0 Å². The molecule has 1 saturated heterocycles. The van der Waals surface area contributed by atoms with Gasteiger partial charge in [0, 0.05) is 10.2 Å². The maximum atomic E-state index is 5.62. The van der Waals surface area contributed by atoms with E-state index in [1.807, 2.05) is 0 Å². The van der Waals surface area contributed by atoms with Crippen LogP contribution < -0.4 is 0 Å². The Bertz CT molecular complexity index is 171. The molecule has 1 aliphatic rings. The molecule has 82 valence electrons. The quantitative estimate of drug-likeness (QED) is 0.520. The molecule has 0 unspecified atom stereocenters. The molecule has 0 saturated carbocycles. The summed E-state index contributed by atoms with van der Waals surface area (Å²) in [5.74, 6) is 0. The topological polar surface area (TPSA) is 9.23 Å². The summed E-state index contributed by atoms with van der Waals surface area (Å²) in [4.78, 5) is 0. The highest BCUT2D eigenvalue weighted by atomic mass is 127. The van der Waals surface area contributed by atoms with Crippen LogP contribution in [0, 0.1) is 0 Å². The highest BCUT2D eigenvalue weighted by molar-refractivity contribution is 14.1. The van der Waals surface area contributed by atoms with Crippen molar-refractivity contribution in [2.45, 2.75) is 58.0 Å². The van der Waals surface area contributed by atoms with Gasteiger partial charge in [-0.15, -0.1) is 0 Å². The van der Waals surface area contributed by atoms with E-state index in [9.17, 15) is 0 Å². The van der Waals surface area contributed by atoms with Crippen LogP contribution in [0.2, 0.25) is 0 Å². The largest absolute Gasteiger partial charge is 0.373 e. The smallest absolute Gasteiger partial charge is 0.0879 e. The van der Waals surface area contributed by atoms with Gasteiger partial charge in [0.1, 0.15) is 0 Å². The van der Waals surface area contributed by atoms with Crippen molar-refractivity contribution in [3.05, 3.63) is 9.66 Å². The number of hydrogen-bond acceptors (Lipinski definition) is 1. The van der Waals surface area contributed by atoms with Crippen molar-refractivity contribution in [3.63, 3.8) is 0 Å². The molecule has 1 heterocycles. The predicted octanol–water partition coefficient (Wildman–Crippen LogP) is 4.45.